The van der Waals surface area contributed by atoms with Gasteiger partial charge in [0.25, 0.3) is 0 Å². The summed E-state index contributed by atoms with van der Waals surface area (Å²) in [4.78, 5) is 4.33. The Hall–Kier alpha value is -1.09. The van der Waals surface area contributed by atoms with Crippen LogP contribution in [0.5, 0.6) is 0 Å². The lowest BCUT2D eigenvalue weighted by Crippen LogP contribution is -1.92. The quantitative estimate of drug-likeness (QED) is 0.761. The van der Waals surface area contributed by atoms with E-state index in [1.807, 2.05) is 17.8 Å². The van der Waals surface area contributed by atoms with Gasteiger partial charge in [-0.25, -0.2) is 4.98 Å². The van der Waals surface area contributed by atoms with E-state index in [9.17, 15) is 0 Å². The van der Waals surface area contributed by atoms with Crippen molar-refractivity contribution < 1.29 is 0 Å². The van der Waals surface area contributed by atoms with E-state index < -0.39 is 0 Å². The van der Waals surface area contributed by atoms with Crippen LogP contribution in [0, 0.1) is 6.92 Å². The first kappa shape index (κ1) is 9.46. The lowest BCUT2D eigenvalue weighted by molar-refractivity contribution is 0.902. The molecule has 2 nitrogen and oxygen atoms in total. The van der Waals surface area contributed by atoms with E-state index >= 15 is 0 Å². The van der Waals surface area contributed by atoms with Crippen molar-refractivity contribution in [3.05, 3.63) is 40.6 Å². The molecule has 0 atom stereocenters. The van der Waals surface area contributed by atoms with Crippen molar-refractivity contribution in [1.82, 2.24) is 9.55 Å². The number of benzene rings is 1. The largest absolute Gasteiger partial charge is 0.322 e. The molecule has 72 valence electrons. The molecule has 2 aromatic rings. The zero-order valence-electron chi connectivity index (χ0n) is 8.16. The molecule has 3 heteroatoms. The van der Waals surface area contributed by atoms with Crippen LogP contribution in [-0.2, 0) is 7.05 Å². The van der Waals surface area contributed by atoms with Crippen LogP contribution in [0.4, 0.5) is 0 Å². The molecule has 0 N–H and O–H groups in total. The maximum absolute atomic E-state index is 4.33. The molecule has 0 bridgehead atoms. The van der Waals surface area contributed by atoms with Crippen LogP contribution in [0.1, 0.15) is 5.56 Å². The third-order valence-electron chi connectivity index (χ3n) is 2.24. The minimum absolute atomic E-state index is 0.983. The molecule has 0 amide bonds. The van der Waals surface area contributed by atoms with Crippen molar-refractivity contribution >= 4 is 15.9 Å². The third kappa shape index (κ3) is 1.60. The molecule has 1 aromatic heterocycles. The topological polar surface area (TPSA) is 17.8 Å². The Labute approximate surface area is 91.7 Å². The summed E-state index contributed by atoms with van der Waals surface area (Å²) >= 11 is 3.43. The monoisotopic (exact) mass is 250 g/mol. The average Bonchev–Trinajstić information content (AvgIpc) is 2.50. The van der Waals surface area contributed by atoms with Gasteiger partial charge in [0.15, 0.2) is 0 Å². The highest BCUT2D eigenvalue weighted by atomic mass is 79.9. The van der Waals surface area contributed by atoms with Crippen LogP contribution in [-0.4, -0.2) is 9.55 Å². The first-order chi connectivity index (χ1) is 6.68. The maximum Gasteiger partial charge on any atom is 0.140 e. The van der Waals surface area contributed by atoms with Crippen LogP contribution in [0.25, 0.3) is 11.4 Å². The molecule has 0 aliphatic carbocycles. The minimum atomic E-state index is 0.983. The zero-order chi connectivity index (χ0) is 10.1. The predicted molar refractivity (Wildman–Crippen MR) is 61.1 cm³/mol. The van der Waals surface area contributed by atoms with E-state index in [-0.39, 0.29) is 0 Å². The Bertz CT molecular complexity index is 443. The smallest absolute Gasteiger partial charge is 0.140 e. The molecule has 0 fully saturated rings. The fourth-order valence-electron chi connectivity index (χ4n) is 1.36. The van der Waals surface area contributed by atoms with Gasteiger partial charge in [0.05, 0.1) is 6.20 Å². The van der Waals surface area contributed by atoms with Crippen molar-refractivity contribution in [1.29, 1.82) is 0 Å². The summed E-state index contributed by atoms with van der Waals surface area (Å²) in [6, 6.07) is 8.37. The second-order valence-corrected chi connectivity index (χ2v) is 4.14. The first-order valence-electron chi connectivity index (χ1n) is 4.43. The molecule has 1 heterocycles. The molecule has 0 aliphatic rings. The summed E-state index contributed by atoms with van der Waals surface area (Å²) in [5, 5.41) is 0. The highest BCUT2D eigenvalue weighted by Crippen LogP contribution is 2.21. The first-order valence-corrected chi connectivity index (χ1v) is 5.22. The zero-order valence-corrected chi connectivity index (χ0v) is 9.75. The molecule has 0 unspecified atom stereocenters. The standard InChI is InChI=1S/C11H11BrN2/c1-8-3-5-9(6-4-8)11-13-7-10(12)14(11)2/h3-7H,1-2H3. The Morgan fingerprint density at radius 3 is 2.36 bits per heavy atom. The number of hydrogen-bond donors (Lipinski definition) is 0. The SMILES string of the molecule is Cc1ccc(-c2ncc(Br)n2C)cc1. The number of hydrogen-bond acceptors (Lipinski definition) is 1. The minimum Gasteiger partial charge on any atom is -0.322 e. The summed E-state index contributed by atoms with van der Waals surface area (Å²) in [6.07, 6.45) is 1.81. The summed E-state index contributed by atoms with van der Waals surface area (Å²) in [6.45, 7) is 2.08. The predicted octanol–water partition coefficient (Wildman–Crippen LogP) is 3.16. The Morgan fingerprint density at radius 1 is 1.21 bits per heavy atom. The van der Waals surface area contributed by atoms with Crippen molar-refractivity contribution in [2.24, 2.45) is 7.05 Å². The van der Waals surface area contributed by atoms with Crippen LogP contribution in [0.15, 0.2) is 35.1 Å². The second-order valence-electron chi connectivity index (χ2n) is 3.33. The highest BCUT2D eigenvalue weighted by Gasteiger charge is 2.05. The van der Waals surface area contributed by atoms with E-state index in [2.05, 4.69) is 52.1 Å². The van der Waals surface area contributed by atoms with Crippen molar-refractivity contribution in [3.8, 4) is 11.4 Å². The molecule has 0 aliphatic heterocycles. The van der Waals surface area contributed by atoms with Gasteiger partial charge in [-0.15, -0.1) is 0 Å². The van der Waals surface area contributed by atoms with Crippen LogP contribution >= 0.6 is 15.9 Å². The Balaban J connectivity index is 2.49. The molecule has 0 radical (unpaired) electrons. The average molecular weight is 251 g/mol. The van der Waals surface area contributed by atoms with Crippen LogP contribution in [0.3, 0.4) is 0 Å². The van der Waals surface area contributed by atoms with Crippen molar-refractivity contribution in [2.75, 3.05) is 0 Å². The fourth-order valence-corrected chi connectivity index (χ4v) is 1.63. The lowest BCUT2D eigenvalue weighted by Gasteiger charge is -2.02. The van der Waals surface area contributed by atoms with E-state index in [1.54, 1.807) is 0 Å². The molecular formula is C11H11BrN2. The van der Waals surface area contributed by atoms with Crippen molar-refractivity contribution in [3.63, 3.8) is 0 Å². The number of imidazole rings is 1. The van der Waals surface area contributed by atoms with Gasteiger partial charge < -0.3 is 4.57 Å². The molecule has 0 saturated heterocycles. The molecule has 0 spiro atoms. The van der Waals surface area contributed by atoms with Crippen molar-refractivity contribution in [2.45, 2.75) is 6.92 Å². The van der Waals surface area contributed by atoms with E-state index in [4.69, 9.17) is 0 Å². The van der Waals surface area contributed by atoms with Gasteiger partial charge in [-0.1, -0.05) is 29.8 Å². The van der Waals surface area contributed by atoms with Gasteiger partial charge in [-0.05, 0) is 22.9 Å². The van der Waals surface area contributed by atoms with E-state index in [1.165, 1.54) is 5.56 Å². The number of aromatic nitrogens is 2. The van der Waals surface area contributed by atoms with Crippen LogP contribution < -0.4 is 0 Å². The van der Waals surface area contributed by atoms with Gasteiger partial charge in [-0.2, -0.15) is 0 Å². The van der Waals surface area contributed by atoms with E-state index in [0.717, 1.165) is 16.0 Å². The number of rotatable bonds is 1. The Kier molecular flexibility index (Phi) is 2.42. The third-order valence-corrected chi connectivity index (χ3v) is 2.98. The summed E-state index contributed by atoms with van der Waals surface area (Å²) in [7, 11) is 1.99. The van der Waals surface area contributed by atoms with Gasteiger partial charge in [-0.3, -0.25) is 0 Å². The Morgan fingerprint density at radius 2 is 1.86 bits per heavy atom. The number of aryl methyl sites for hydroxylation is 1. The second kappa shape index (κ2) is 3.58. The fraction of sp³-hybridized carbons (Fsp3) is 0.182. The number of halogens is 1. The summed E-state index contributed by atoms with van der Waals surface area (Å²) < 4.78 is 3.01. The molecule has 2 rings (SSSR count). The summed E-state index contributed by atoms with van der Waals surface area (Å²) in [5.41, 5.74) is 2.41. The highest BCUT2D eigenvalue weighted by molar-refractivity contribution is 9.10. The number of nitrogens with zero attached hydrogens (tertiary/aromatic N) is 2. The molecule has 0 saturated carbocycles. The van der Waals surface area contributed by atoms with Gasteiger partial charge in [0.2, 0.25) is 0 Å². The maximum atomic E-state index is 4.33. The van der Waals surface area contributed by atoms with Gasteiger partial charge in [0.1, 0.15) is 10.4 Å². The summed E-state index contributed by atoms with van der Waals surface area (Å²) in [5.74, 6) is 0.983. The van der Waals surface area contributed by atoms with Gasteiger partial charge >= 0.3 is 0 Å². The lowest BCUT2D eigenvalue weighted by atomic mass is 10.1. The molecular weight excluding hydrogens is 240 g/mol. The van der Waals surface area contributed by atoms with Crippen LogP contribution in [0.2, 0.25) is 0 Å². The molecule has 14 heavy (non-hydrogen) atoms. The van der Waals surface area contributed by atoms with E-state index in [0.29, 0.717) is 0 Å². The normalized spacial score (nSPS) is 10.5. The van der Waals surface area contributed by atoms with Gasteiger partial charge in [0, 0.05) is 12.6 Å². The molecule has 1 aromatic carbocycles.